The van der Waals surface area contributed by atoms with Crippen LogP contribution in [0.4, 0.5) is 0 Å². The smallest absolute Gasteiger partial charge is 0.0173 e. The number of rotatable bonds is 3. The van der Waals surface area contributed by atoms with Gasteiger partial charge in [-0.3, -0.25) is 0 Å². The average Bonchev–Trinajstić information content (AvgIpc) is 2.50. The molecule has 1 aliphatic carbocycles. The fraction of sp³-hybridized carbons (Fsp3) is 0.158. The van der Waals surface area contributed by atoms with E-state index in [0.717, 1.165) is 6.42 Å². The molecule has 0 heterocycles. The monoisotopic (exact) mass is 278 g/mol. The maximum atomic E-state index is 2.39. The van der Waals surface area contributed by atoms with Gasteiger partial charge < -0.3 is 0 Å². The number of allylic oxidation sites excluding steroid dienone is 4. The van der Waals surface area contributed by atoms with Crippen molar-refractivity contribution >= 4 is 18.5 Å². The molecule has 0 aromatic heterocycles. The van der Waals surface area contributed by atoms with E-state index in [1.54, 1.807) is 0 Å². The van der Waals surface area contributed by atoms with E-state index in [9.17, 15) is 0 Å². The molecule has 1 unspecified atom stereocenters. The summed E-state index contributed by atoms with van der Waals surface area (Å²) in [7, 11) is -0.389. The molecule has 100 valence electrons. The predicted octanol–water partition coefficient (Wildman–Crippen LogP) is 4.39. The molecule has 0 saturated carbocycles. The van der Waals surface area contributed by atoms with Gasteiger partial charge in [-0.2, -0.15) is 0 Å². The van der Waals surface area contributed by atoms with Crippen molar-refractivity contribution in [3.05, 3.63) is 85.0 Å². The Balaban J connectivity index is 2.09. The van der Waals surface area contributed by atoms with Crippen molar-refractivity contribution in [3.8, 4) is 0 Å². The van der Waals surface area contributed by atoms with E-state index in [2.05, 4.69) is 91.9 Å². The van der Waals surface area contributed by atoms with Gasteiger partial charge in [0.15, 0.2) is 0 Å². The first kappa shape index (κ1) is 13.3. The summed E-state index contributed by atoms with van der Waals surface area (Å²) in [4.78, 5) is 0. The minimum absolute atomic E-state index is 0.201. The zero-order valence-electron chi connectivity index (χ0n) is 11.7. The lowest BCUT2D eigenvalue weighted by atomic mass is 10.0. The van der Waals surface area contributed by atoms with Gasteiger partial charge in [-0.05, 0) is 25.0 Å². The average molecular weight is 278 g/mol. The third kappa shape index (κ3) is 2.62. The van der Waals surface area contributed by atoms with Crippen molar-refractivity contribution < 1.29 is 0 Å². The van der Waals surface area contributed by atoms with Crippen LogP contribution in [0.5, 0.6) is 0 Å². The topological polar surface area (TPSA) is 0 Å². The van der Waals surface area contributed by atoms with Gasteiger partial charge in [-0.1, -0.05) is 91.9 Å². The Morgan fingerprint density at radius 2 is 1.35 bits per heavy atom. The third-order valence-corrected chi connectivity index (χ3v) is 6.76. The highest BCUT2D eigenvalue weighted by atomic mass is 31.1. The van der Waals surface area contributed by atoms with Gasteiger partial charge in [0.2, 0.25) is 0 Å². The van der Waals surface area contributed by atoms with Crippen LogP contribution in [0.3, 0.4) is 0 Å². The Bertz CT molecular complexity index is 573. The van der Waals surface area contributed by atoms with Crippen molar-refractivity contribution in [2.24, 2.45) is 0 Å². The van der Waals surface area contributed by atoms with E-state index < -0.39 is 0 Å². The lowest BCUT2D eigenvalue weighted by molar-refractivity contribution is 0.788. The first-order chi connectivity index (χ1) is 9.80. The highest BCUT2D eigenvalue weighted by Gasteiger charge is 2.33. The van der Waals surface area contributed by atoms with E-state index in [1.165, 1.54) is 10.6 Å². The fourth-order valence-electron chi connectivity index (χ4n) is 2.77. The molecule has 0 spiro atoms. The molecule has 0 fully saturated rings. The first-order valence-corrected chi connectivity index (χ1v) is 8.38. The van der Waals surface area contributed by atoms with E-state index in [1.807, 2.05) is 0 Å². The van der Waals surface area contributed by atoms with Crippen molar-refractivity contribution in [2.75, 3.05) is 0 Å². The quantitative estimate of drug-likeness (QED) is 0.730. The lowest BCUT2D eigenvalue weighted by Gasteiger charge is -2.37. The van der Waals surface area contributed by atoms with Crippen LogP contribution in [0.1, 0.15) is 13.3 Å². The van der Waals surface area contributed by atoms with Gasteiger partial charge in [-0.15, -0.1) is 0 Å². The molecule has 1 atom stereocenters. The molecule has 0 amide bonds. The van der Waals surface area contributed by atoms with Gasteiger partial charge in [0.1, 0.15) is 0 Å². The van der Waals surface area contributed by atoms with Crippen LogP contribution in [0.25, 0.3) is 0 Å². The predicted molar refractivity (Wildman–Crippen MR) is 90.4 cm³/mol. The highest BCUT2D eigenvalue weighted by Crippen LogP contribution is 2.51. The van der Waals surface area contributed by atoms with Crippen molar-refractivity contribution in [3.63, 3.8) is 0 Å². The number of hydrogen-bond donors (Lipinski definition) is 0. The number of benzene rings is 2. The van der Waals surface area contributed by atoms with E-state index in [0.29, 0.717) is 0 Å². The molecular formula is C19H19P. The van der Waals surface area contributed by atoms with Gasteiger partial charge in [0, 0.05) is 5.16 Å². The third-order valence-electron chi connectivity index (χ3n) is 3.77. The molecule has 0 aliphatic heterocycles. The molecule has 0 saturated heterocycles. The SMILES string of the molecule is CC1(P(c2ccccc2)c2ccccc2)C=CC=CC1. The Hall–Kier alpha value is -1.65. The molecule has 0 radical (unpaired) electrons. The van der Waals surface area contributed by atoms with Crippen LogP contribution in [0.2, 0.25) is 0 Å². The van der Waals surface area contributed by atoms with Gasteiger partial charge >= 0.3 is 0 Å². The van der Waals surface area contributed by atoms with Gasteiger partial charge in [0.05, 0.1) is 0 Å². The summed E-state index contributed by atoms with van der Waals surface area (Å²) in [6, 6.07) is 21.9. The summed E-state index contributed by atoms with van der Waals surface area (Å²) in [5.74, 6) is 0. The van der Waals surface area contributed by atoms with Gasteiger partial charge in [-0.25, -0.2) is 0 Å². The zero-order chi connectivity index (χ0) is 13.8. The maximum Gasteiger partial charge on any atom is 0.0173 e. The summed E-state index contributed by atoms with van der Waals surface area (Å²) < 4.78 is 0. The molecule has 2 aromatic carbocycles. The minimum atomic E-state index is -0.389. The molecule has 0 nitrogen and oxygen atoms in total. The van der Waals surface area contributed by atoms with Crippen molar-refractivity contribution in [1.82, 2.24) is 0 Å². The Kier molecular flexibility index (Phi) is 3.85. The Labute approximate surface area is 122 Å². The molecular weight excluding hydrogens is 259 g/mol. The van der Waals surface area contributed by atoms with Crippen LogP contribution >= 0.6 is 7.92 Å². The molecule has 20 heavy (non-hydrogen) atoms. The highest BCUT2D eigenvalue weighted by molar-refractivity contribution is 7.74. The summed E-state index contributed by atoms with van der Waals surface area (Å²) in [6.07, 6.45) is 10.1. The molecule has 0 N–H and O–H groups in total. The maximum absolute atomic E-state index is 2.39. The lowest BCUT2D eigenvalue weighted by Crippen LogP contribution is -2.30. The molecule has 1 aliphatic rings. The van der Waals surface area contributed by atoms with Crippen LogP contribution < -0.4 is 10.6 Å². The zero-order valence-corrected chi connectivity index (χ0v) is 12.6. The van der Waals surface area contributed by atoms with Crippen molar-refractivity contribution in [2.45, 2.75) is 18.5 Å². The van der Waals surface area contributed by atoms with Gasteiger partial charge in [0.25, 0.3) is 0 Å². The van der Waals surface area contributed by atoms with Crippen molar-refractivity contribution in [1.29, 1.82) is 0 Å². The molecule has 1 heteroatoms. The van der Waals surface area contributed by atoms with Crippen LogP contribution in [-0.4, -0.2) is 5.16 Å². The Morgan fingerprint density at radius 1 is 0.800 bits per heavy atom. The second-order valence-corrected chi connectivity index (χ2v) is 8.08. The fourth-order valence-corrected chi connectivity index (χ4v) is 5.72. The van der Waals surface area contributed by atoms with E-state index in [-0.39, 0.29) is 13.1 Å². The summed E-state index contributed by atoms with van der Waals surface area (Å²) in [5, 5.41) is 3.11. The second-order valence-electron chi connectivity index (χ2n) is 5.36. The van der Waals surface area contributed by atoms with Crippen LogP contribution in [0.15, 0.2) is 85.0 Å². The normalized spacial score (nSPS) is 21.3. The second kappa shape index (κ2) is 5.77. The standard InChI is InChI=1S/C19H19P/c1-19(15-9-4-10-16-19)20(17-11-5-2-6-12-17)18-13-7-3-8-14-18/h2-15H,16H2,1H3. The molecule has 2 aromatic rings. The van der Waals surface area contributed by atoms with E-state index >= 15 is 0 Å². The largest absolute Gasteiger partial charge is 0.0833 e. The van der Waals surface area contributed by atoms with E-state index in [4.69, 9.17) is 0 Å². The van der Waals surface area contributed by atoms with Crippen LogP contribution in [-0.2, 0) is 0 Å². The summed E-state index contributed by atoms with van der Waals surface area (Å²) >= 11 is 0. The summed E-state index contributed by atoms with van der Waals surface area (Å²) in [5.41, 5.74) is 0. The molecule has 0 bridgehead atoms. The summed E-state index contributed by atoms with van der Waals surface area (Å²) in [6.45, 7) is 2.39. The molecule has 3 rings (SSSR count). The number of hydrogen-bond acceptors (Lipinski definition) is 0. The first-order valence-electron chi connectivity index (χ1n) is 7.04. The van der Waals surface area contributed by atoms with Crippen LogP contribution in [0, 0.1) is 0 Å². The minimum Gasteiger partial charge on any atom is -0.0833 e. The Morgan fingerprint density at radius 3 is 1.80 bits per heavy atom.